The van der Waals surface area contributed by atoms with Crippen LogP contribution in [-0.4, -0.2) is 25.0 Å². The van der Waals surface area contributed by atoms with Crippen molar-refractivity contribution < 1.29 is 4.79 Å². The summed E-state index contributed by atoms with van der Waals surface area (Å²) in [6, 6.07) is 7.41. The molecule has 0 spiro atoms. The number of nitrogens with zero attached hydrogens (tertiary/aromatic N) is 1. The summed E-state index contributed by atoms with van der Waals surface area (Å²) in [6.07, 6.45) is 0. The fourth-order valence-electron chi connectivity index (χ4n) is 1.61. The van der Waals surface area contributed by atoms with Crippen molar-refractivity contribution in [1.82, 2.24) is 10.6 Å². The molecule has 0 aromatic heterocycles. The summed E-state index contributed by atoms with van der Waals surface area (Å²) in [5.74, 6) is 0.885. The minimum atomic E-state index is -0.0655. The third-order valence-corrected chi connectivity index (χ3v) is 2.65. The molecule has 5 nitrogen and oxygen atoms in total. The second-order valence-electron chi connectivity index (χ2n) is 5.04. The van der Waals surface area contributed by atoms with Crippen LogP contribution in [0.4, 0.5) is 0 Å². The lowest BCUT2D eigenvalue weighted by atomic mass is 10.1. The van der Waals surface area contributed by atoms with Gasteiger partial charge in [0.05, 0.1) is 6.54 Å². The number of hydrogen-bond donors (Lipinski definition) is 3. The maximum absolute atomic E-state index is 11.7. The number of hydrogen-bond acceptors (Lipinski definition) is 2. The van der Waals surface area contributed by atoms with Crippen LogP contribution in [0, 0.1) is 5.92 Å². The average Bonchev–Trinajstić information content (AvgIpc) is 2.43. The highest BCUT2D eigenvalue weighted by Gasteiger charge is 2.04. The predicted molar refractivity (Wildman–Crippen MR) is 98.0 cm³/mol. The Balaban J connectivity index is 0.00000400. The Labute approximate surface area is 143 Å². The number of carbonyl (C=O) groups is 1. The smallest absolute Gasteiger partial charge is 0.251 e. The maximum atomic E-state index is 11.7. The zero-order chi connectivity index (χ0) is 15.0. The molecule has 1 rings (SSSR count). The molecule has 0 fully saturated rings. The van der Waals surface area contributed by atoms with E-state index in [1.54, 1.807) is 6.07 Å². The van der Waals surface area contributed by atoms with Crippen LogP contribution in [0.3, 0.4) is 0 Å². The number of amides is 1. The van der Waals surface area contributed by atoms with E-state index in [2.05, 4.69) is 29.5 Å². The number of nitrogens with one attached hydrogen (secondary N) is 2. The number of halogens is 1. The highest BCUT2D eigenvalue weighted by atomic mass is 127. The molecule has 0 aliphatic rings. The molecule has 0 aliphatic heterocycles. The Kier molecular flexibility index (Phi) is 9.77. The van der Waals surface area contributed by atoms with Gasteiger partial charge in [-0.05, 0) is 30.5 Å². The fourth-order valence-corrected chi connectivity index (χ4v) is 1.61. The zero-order valence-electron chi connectivity index (χ0n) is 12.8. The van der Waals surface area contributed by atoms with E-state index in [-0.39, 0.29) is 29.9 Å². The molecule has 0 aliphatic carbocycles. The van der Waals surface area contributed by atoms with Crippen LogP contribution in [0.5, 0.6) is 0 Å². The van der Waals surface area contributed by atoms with E-state index in [0.717, 1.165) is 12.1 Å². The van der Waals surface area contributed by atoms with E-state index >= 15 is 0 Å². The monoisotopic (exact) mass is 404 g/mol. The standard InChI is InChI=1S/C15H24N4O.HI/c1-4-17-14(20)13-7-5-6-12(8-13)10-19-15(16)18-9-11(2)3;/h5-8,11H,4,9-10H2,1-3H3,(H,17,20)(H3,16,18,19);1H. The molecule has 0 unspecified atom stereocenters. The van der Waals surface area contributed by atoms with Gasteiger partial charge in [-0.1, -0.05) is 26.0 Å². The van der Waals surface area contributed by atoms with E-state index in [9.17, 15) is 4.79 Å². The zero-order valence-corrected chi connectivity index (χ0v) is 15.2. The summed E-state index contributed by atoms with van der Waals surface area (Å²) in [5, 5.41) is 5.83. The molecular weight excluding hydrogens is 379 g/mol. The van der Waals surface area contributed by atoms with Crippen molar-refractivity contribution in [2.75, 3.05) is 13.1 Å². The molecule has 0 atom stereocenters. The van der Waals surface area contributed by atoms with E-state index in [4.69, 9.17) is 5.73 Å². The van der Waals surface area contributed by atoms with Crippen LogP contribution in [0.15, 0.2) is 29.3 Å². The molecule has 0 radical (unpaired) electrons. The number of aliphatic imine (C=N–C) groups is 1. The Morgan fingerprint density at radius 2 is 2.05 bits per heavy atom. The highest BCUT2D eigenvalue weighted by Crippen LogP contribution is 2.06. The Bertz CT molecular complexity index is 474. The minimum Gasteiger partial charge on any atom is -0.370 e. The molecular formula is C15H25IN4O. The van der Waals surface area contributed by atoms with Gasteiger partial charge in [0, 0.05) is 18.7 Å². The first-order valence-electron chi connectivity index (χ1n) is 6.93. The molecule has 6 heteroatoms. The van der Waals surface area contributed by atoms with Crippen molar-refractivity contribution in [3.8, 4) is 0 Å². The second-order valence-corrected chi connectivity index (χ2v) is 5.04. The molecule has 4 N–H and O–H groups in total. The second kappa shape index (κ2) is 10.4. The van der Waals surface area contributed by atoms with Crippen molar-refractivity contribution in [3.63, 3.8) is 0 Å². The van der Waals surface area contributed by atoms with Gasteiger partial charge in [0.15, 0.2) is 5.96 Å². The Morgan fingerprint density at radius 3 is 2.67 bits per heavy atom. The third-order valence-electron chi connectivity index (χ3n) is 2.65. The molecule has 0 heterocycles. The van der Waals surface area contributed by atoms with Gasteiger partial charge in [-0.15, -0.1) is 24.0 Å². The summed E-state index contributed by atoms with van der Waals surface area (Å²) in [6.45, 7) is 7.99. The lowest BCUT2D eigenvalue weighted by Gasteiger charge is -2.08. The van der Waals surface area contributed by atoms with E-state index in [1.807, 2.05) is 25.1 Å². The Hall–Kier alpha value is -1.31. The van der Waals surface area contributed by atoms with Gasteiger partial charge >= 0.3 is 0 Å². The van der Waals surface area contributed by atoms with Crippen molar-refractivity contribution >= 4 is 35.8 Å². The van der Waals surface area contributed by atoms with Crippen LogP contribution in [0.2, 0.25) is 0 Å². The van der Waals surface area contributed by atoms with Crippen LogP contribution >= 0.6 is 24.0 Å². The van der Waals surface area contributed by atoms with Crippen molar-refractivity contribution in [2.24, 2.45) is 16.6 Å². The van der Waals surface area contributed by atoms with Gasteiger partial charge in [-0.2, -0.15) is 0 Å². The SMILES string of the molecule is CCNC(=O)c1cccc(CN=C(N)NCC(C)C)c1.I. The number of rotatable bonds is 6. The lowest BCUT2D eigenvalue weighted by Crippen LogP contribution is -2.34. The highest BCUT2D eigenvalue weighted by molar-refractivity contribution is 14.0. The number of benzene rings is 1. The first-order chi connectivity index (χ1) is 9.52. The van der Waals surface area contributed by atoms with Crippen LogP contribution in [-0.2, 0) is 6.54 Å². The van der Waals surface area contributed by atoms with E-state index in [1.165, 1.54) is 0 Å². The third kappa shape index (κ3) is 7.89. The number of nitrogens with two attached hydrogens (primary N) is 1. The maximum Gasteiger partial charge on any atom is 0.251 e. The summed E-state index contributed by atoms with van der Waals surface area (Å²) in [5.41, 5.74) is 7.38. The summed E-state index contributed by atoms with van der Waals surface area (Å²) < 4.78 is 0. The first kappa shape index (κ1) is 19.7. The summed E-state index contributed by atoms with van der Waals surface area (Å²) in [4.78, 5) is 16.0. The van der Waals surface area contributed by atoms with E-state index < -0.39 is 0 Å². The average molecular weight is 404 g/mol. The quantitative estimate of drug-likeness (QED) is 0.386. The molecule has 1 aromatic carbocycles. The lowest BCUT2D eigenvalue weighted by molar-refractivity contribution is 0.0955. The van der Waals surface area contributed by atoms with Gasteiger partial charge in [-0.25, -0.2) is 4.99 Å². The van der Waals surface area contributed by atoms with Crippen LogP contribution < -0.4 is 16.4 Å². The number of carbonyl (C=O) groups excluding carboxylic acids is 1. The topological polar surface area (TPSA) is 79.5 Å². The van der Waals surface area contributed by atoms with Crippen molar-refractivity contribution in [2.45, 2.75) is 27.3 Å². The van der Waals surface area contributed by atoms with Gasteiger partial charge in [0.25, 0.3) is 5.91 Å². The molecule has 118 valence electrons. The fraction of sp³-hybridized carbons (Fsp3) is 0.467. The van der Waals surface area contributed by atoms with Crippen molar-refractivity contribution in [1.29, 1.82) is 0 Å². The van der Waals surface area contributed by atoms with Crippen LogP contribution in [0.25, 0.3) is 0 Å². The summed E-state index contributed by atoms with van der Waals surface area (Å²) >= 11 is 0. The predicted octanol–water partition coefficient (Wildman–Crippen LogP) is 2.11. The number of guanidine groups is 1. The van der Waals surface area contributed by atoms with Crippen molar-refractivity contribution in [3.05, 3.63) is 35.4 Å². The van der Waals surface area contributed by atoms with Gasteiger partial charge in [-0.3, -0.25) is 4.79 Å². The first-order valence-corrected chi connectivity index (χ1v) is 6.93. The van der Waals surface area contributed by atoms with Gasteiger partial charge in [0.1, 0.15) is 0 Å². The molecule has 0 bridgehead atoms. The largest absolute Gasteiger partial charge is 0.370 e. The van der Waals surface area contributed by atoms with Gasteiger partial charge < -0.3 is 16.4 Å². The Morgan fingerprint density at radius 1 is 1.33 bits per heavy atom. The molecule has 21 heavy (non-hydrogen) atoms. The summed E-state index contributed by atoms with van der Waals surface area (Å²) in [7, 11) is 0. The van der Waals surface area contributed by atoms with E-state index in [0.29, 0.717) is 30.5 Å². The van der Waals surface area contributed by atoms with Crippen LogP contribution in [0.1, 0.15) is 36.7 Å². The normalized spacial score (nSPS) is 11.0. The molecule has 0 saturated heterocycles. The molecule has 1 amide bonds. The minimum absolute atomic E-state index is 0. The van der Waals surface area contributed by atoms with Gasteiger partial charge in [0.2, 0.25) is 0 Å². The molecule has 1 aromatic rings. The molecule has 0 saturated carbocycles.